The number of methoxy groups -OCH3 is 2. The Balaban J connectivity index is 1.50. The van der Waals surface area contributed by atoms with Crippen LogP contribution in [0.5, 0.6) is 23.0 Å². The van der Waals surface area contributed by atoms with Gasteiger partial charge in [-0.05, 0) is 65.9 Å². The predicted molar refractivity (Wildman–Crippen MR) is 153 cm³/mol. The van der Waals surface area contributed by atoms with Crippen LogP contribution in [0, 0.1) is 0 Å². The van der Waals surface area contributed by atoms with Crippen LogP contribution in [0.25, 0.3) is 11.8 Å². The van der Waals surface area contributed by atoms with Gasteiger partial charge in [0.1, 0.15) is 11.5 Å². The first-order chi connectivity index (χ1) is 19.1. The molecule has 7 nitrogen and oxygen atoms in total. The van der Waals surface area contributed by atoms with Crippen LogP contribution in [0.2, 0.25) is 0 Å². The molecule has 0 saturated heterocycles. The maximum Gasteiger partial charge on any atom is 0.271 e. The van der Waals surface area contributed by atoms with E-state index in [-0.39, 0.29) is 18.4 Å². The lowest BCUT2D eigenvalue weighted by molar-refractivity contribution is 0.174. The van der Waals surface area contributed by atoms with Crippen molar-refractivity contribution in [2.45, 2.75) is 18.9 Å². The van der Waals surface area contributed by atoms with Crippen molar-refractivity contribution in [2.75, 3.05) is 21.0 Å². The van der Waals surface area contributed by atoms with E-state index in [0.717, 1.165) is 45.3 Å². The molecule has 3 heterocycles. The van der Waals surface area contributed by atoms with E-state index in [1.54, 1.807) is 18.8 Å². The lowest BCUT2D eigenvalue weighted by Crippen LogP contribution is -2.39. The van der Waals surface area contributed by atoms with E-state index in [1.807, 2.05) is 42.5 Å². The van der Waals surface area contributed by atoms with E-state index in [0.29, 0.717) is 32.3 Å². The highest BCUT2D eigenvalue weighted by Gasteiger charge is 2.34. The summed E-state index contributed by atoms with van der Waals surface area (Å²) in [4.78, 5) is 19.9. The van der Waals surface area contributed by atoms with Crippen LogP contribution in [-0.4, -0.2) is 25.6 Å². The Morgan fingerprint density at radius 1 is 1.05 bits per heavy atom. The summed E-state index contributed by atoms with van der Waals surface area (Å²) in [5.74, 6) is 2.73. The molecular weight excluding hydrogens is 580 g/mol. The van der Waals surface area contributed by atoms with E-state index in [1.165, 1.54) is 16.9 Å². The molecule has 0 unspecified atom stereocenters. The van der Waals surface area contributed by atoms with Gasteiger partial charge in [0.25, 0.3) is 5.56 Å². The van der Waals surface area contributed by atoms with Crippen molar-refractivity contribution < 1.29 is 18.9 Å². The number of benzene rings is 3. The molecule has 0 radical (unpaired) electrons. The van der Waals surface area contributed by atoms with Crippen LogP contribution in [0.15, 0.2) is 74.4 Å². The lowest BCUT2D eigenvalue weighted by Gasteiger charge is -2.31. The third-order valence-corrected chi connectivity index (χ3v) is 9.05. The Morgan fingerprint density at radius 2 is 1.87 bits per heavy atom. The quantitative estimate of drug-likeness (QED) is 0.335. The maximum atomic E-state index is 14.1. The molecule has 0 spiro atoms. The van der Waals surface area contributed by atoms with E-state index >= 15 is 0 Å². The van der Waals surface area contributed by atoms with E-state index in [2.05, 4.69) is 34.1 Å². The monoisotopic (exact) mass is 602 g/mol. The number of allylic oxidation sites excluding steroid dienone is 1. The Bertz CT molecular complexity index is 1870. The summed E-state index contributed by atoms with van der Waals surface area (Å²) in [7, 11) is 3.29. The molecule has 39 heavy (non-hydrogen) atoms. The minimum Gasteiger partial charge on any atom is -0.497 e. The normalized spacial score (nSPS) is 17.3. The first-order valence-electron chi connectivity index (χ1n) is 12.5. The summed E-state index contributed by atoms with van der Waals surface area (Å²) in [6, 6.07) is 17.5. The summed E-state index contributed by atoms with van der Waals surface area (Å²) >= 11 is 5.00. The summed E-state index contributed by atoms with van der Waals surface area (Å²) in [5.41, 5.74) is 6.00. The van der Waals surface area contributed by atoms with Crippen molar-refractivity contribution >= 4 is 39.0 Å². The molecule has 0 saturated carbocycles. The van der Waals surface area contributed by atoms with Gasteiger partial charge in [0, 0.05) is 15.6 Å². The van der Waals surface area contributed by atoms with Crippen molar-refractivity contribution in [2.24, 2.45) is 4.99 Å². The van der Waals surface area contributed by atoms with Gasteiger partial charge in [-0.1, -0.05) is 51.5 Å². The van der Waals surface area contributed by atoms with Crippen molar-refractivity contribution in [3.8, 4) is 23.0 Å². The number of aromatic nitrogens is 1. The Hall–Kier alpha value is -3.82. The molecule has 3 aliphatic rings. The fourth-order valence-corrected chi connectivity index (χ4v) is 6.97. The van der Waals surface area contributed by atoms with Crippen molar-refractivity contribution in [1.82, 2.24) is 4.57 Å². The van der Waals surface area contributed by atoms with Crippen LogP contribution >= 0.6 is 27.3 Å². The summed E-state index contributed by atoms with van der Waals surface area (Å²) < 4.78 is 25.6. The van der Waals surface area contributed by atoms with Crippen LogP contribution in [0.3, 0.4) is 0 Å². The molecule has 2 aliphatic heterocycles. The molecule has 0 N–H and O–H groups in total. The van der Waals surface area contributed by atoms with Gasteiger partial charge in [-0.2, -0.15) is 0 Å². The van der Waals surface area contributed by atoms with Crippen LogP contribution in [0.1, 0.15) is 34.7 Å². The Labute approximate surface area is 236 Å². The molecule has 1 aromatic heterocycles. The molecule has 0 fully saturated rings. The molecule has 7 rings (SSSR count). The highest BCUT2D eigenvalue weighted by molar-refractivity contribution is 9.10. The van der Waals surface area contributed by atoms with Gasteiger partial charge in [0.2, 0.25) is 6.79 Å². The van der Waals surface area contributed by atoms with Gasteiger partial charge >= 0.3 is 0 Å². The summed E-state index contributed by atoms with van der Waals surface area (Å²) in [6.45, 7) is 0.183. The smallest absolute Gasteiger partial charge is 0.271 e. The number of nitrogens with zero attached hydrogens (tertiary/aromatic N) is 2. The number of fused-ring (bicyclic) bond motifs is 4. The first-order valence-corrected chi connectivity index (χ1v) is 14.1. The number of hydrogen-bond donors (Lipinski definition) is 0. The standard InChI is InChI=1S/C30H23BrN2O5S/c1-35-18-8-10-23(36-2)21(13-18)28-20-9-7-16-5-3-4-6-19(16)27(20)32-30-33(28)29(34)26(39-30)12-17-11-24-25(14-22(17)31)38-15-37-24/h3-6,8,10-14,28H,7,9,15H2,1-2H3/b26-12-/t28-/m0/s1. The molecule has 0 bridgehead atoms. The highest BCUT2D eigenvalue weighted by atomic mass is 79.9. The lowest BCUT2D eigenvalue weighted by atomic mass is 9.83. The van der Waals surface area contributed by atoms with Crippen molar-refractivity contribution in [1.29, 1.82) is 0 Å². The largest absolute Gasteiger partial charge is 0.497 e. The average molecular weight is 603 g/mol. The topological polar surface area (TPSA) is 71.3 Å². The van der Waals surface area contributed by atoms with Gasteiger partial charge in [-0.15, -0.1) is 0 Å². The summed E-state index contributed by atoms with van der Waals surface area (Å²) in [6.07, 6.45) is 3.55. The predicted octanol–water partition coefficient (Wildman–Crippen LogP) is 4.83. The SMILES string of the molecule is COc1ccc(OC)c([C@@H]2C3=C(N=c4s/c(=C\c5cc6c(cc5Br)OCO6)c(=O)n42)c2ccccc2CC3)c1. The number of aryl methyl sites for hydroxylation is 1. The zero-order chi connectivity index (χ0) is 26.7. The first kappa shape index (κ1) is 24.2. The molecule has 9 heteroatoms. The third kappa shape index (κ3) is 3.91. The van der Waals surface area contributed by atoms with E-state index in [4.69, 9.17) is 23.9 Å². The van der Waals surface area contributed by atoms with Crippen molar-refractivity contribution in [3.63, 3.8) is 0 Å². The molecule has 0 amide bonds. The van der Waals surface area contributed by atoms with Gasteiger partial charge in [0.05, 0.1) is 30.5 Å². The minimum absolute atomic E-state index is 0.108. The Kier molecular flexibility index (Phi) is 5.86. The molecular formula is C30H23BrN2O5S. The highest BCUT2D eigenvalue weighted by Crippen LogP contribution is 2.44. The molecule has 196 valence electrons. The fourth-order valence-electron chi connectivity index (χ4n) is 5.54. The van der Waals surface area contributed by atoms with Crippen LogP contribution in [0.4, 0.5) is 0 Å². The van der Waals surface area contributed by atoms with Gasteiger partial charge in [-0.25, -0.2) is 4.99 Å². The average Bonchev–Trinajstić information content (AvgIpc) is 3.54. The summed E-state index contributed by atoms with van der Waals surface area (Å²) in [5, 5.41) is 0. The van der Waals surface area contributed by atoms with Crippen LogP contribution in [-0.2, 0) is 6.42 Å². The van der Waals surface area contributed by atoms with Crippen molar-refractivity contribution in [3.05, 3.63) is 107 Å². The molecule has 1 aliphatic carbocycles. The second kappa shape index (κ2) is 9.43. The van der Waals surface area contributed by atoms with Gasteiger partial charge in [-0.3, -0.25) is 9.36 Å². The second-order valence-corrected chi connectivity index (χ2v) is 11.3. The fraction of sp³-hybridized carbons (Fsp3) is 0.200. The molecule has 1 atom stereocenters. The molecule has 4 aromatic rings. The van der Waals surface area contributed by atoms with E-state index < -0.39 is 0 Å². The van der Waals surface area contributed by atoms with Gasteiger partial charge < -0.3 is 18.9 Å². The zero-order valence-electron chi connectivity index (χ0n) is 21.2. The number of ether oxygens (including phenoxy) is 4. The number of thiazole rings is 1. The van der Waals surface area contributed by atoms with Gasteiger partial charge in [0.15, 0.2) is 16.3 Å². The third-order valence-electron chi connectivity index (χ3n) is 7.38. The number of hydrogen-bond acceptors (Lipinski definition) is 7. The minimum atomic E-state index is -0.378. The molecule has 3 aromatic carbocycles. The number of rotatable bonds is 4. The zero-order valence-corrected chi connectivity index (χ0v) is 23.6. The maximum absolute atomic E-state index is 14.1. The second-order valence-electron chi connectivity index (χ2n) is 9.45. The number of halogens is 1. The van der Waals surface area contributed by atoms with E-state index in [9.17, 15) is 4.79 Å². The Morgan fingerprint density at radius 3 is 2.69 bits per heavy atom. The van der Waals surface area contributed by atoms with Crippen LogP contribution < -0.4 is 33.8 Å².